The molecule has 1 saturated carbocycles. The molecule has 9 heteroatoms. The Morgan fingerprint density at radius 3 is 2.64 bits per heavy atom. The van der Waals surface area contributed by atoms with E-state index in [1.54, 1.807) is 29.9 Å². The Morgan fingerprint density at radius 1 is 1.18 bits per heavy atom. The van der Waals surface area contributed by atoms with Gasteiger partial charge in [0.15, 0.2) is 0 Å². The summed E-state index contributed by atoms with van der Waals surface area (Å²) in [7, 11) is 1.76. The largest absolute Gasteiger partial charge is 0.493 e. The molecule has 1 aliphatic heterocycles. The van der Waals surface area contributed by atoms with Crippen LogP contribution in [0.5, 0.6) is 5.75 Å². The van der Waals surface area contributed by atoms with Gasteiger partial charge in [-0.2, -0.15) is 18.4 Å². The highest BCUT2D eigenvalue weighted by Crippen LogP contribution is 2.42. The fraction of sp³-hybridized carbons (Fsp3) is 0.458. The number of benzene rings is 1. The van der Waals surface area contributed by atoms with Gasteiger partial charge in [0.05, 0.1) is 17.9 Å². The molecule has 0 amide bonds. The van der Waals surface area contributed by atoms with Crippen LogP contribution in [0, 0.1) is 29.1 Å². The Balaban J connectivity index is 1.44. The first-order valence-corrected chi connectivity index (χ1v) is 11.1. The minimum atomic E-state index is -4.58. The van der Waals surface area contributed by atoms with E-state index in [0.29, 0.717) is 34.5 Å². The molecule has 0 spiro atoms. The van der Waals surface area contributed by atoms with Crippen LogP contribution in [0.25, 0.3) is 22.3 Å². The molecule has 1 N–H and O–H groups in total. The Kier molecular flexibility index (Phi) is 5.49. The Hall–Kier alpha value is -3.12. The standard InChI is InChI=1S/C24H24F3N5O/c1-32-8-6-18-22(30-21(11-28)31-23(18)32)14-4-5-20(19(10-14)24(25,26)27)33-9-7-17-15-2-3-16(17)13-29-12-15/h4-6,8,10,15-17,29H,2-3,7,9,12-13H2,1H3. The Morgan fingerprint density at radius 2 is 1.94 bits per heavy atom. The second-order valence-electron chi connectivity index (χ2n) is 8.94. The summed E-state index contributed by atoms with van der Waals surface area (Å²) in [6, 6.07) is 7.60. The lowest BCUT2D eigenvalue weighted by molar-refractivity contribution is -0.138. The van der Waals surface area contributed by atoms with Crippen LogP contribution in [0.4, 0.5) is 13.2 Å². The van der Waals surface area contributed by atoms with Crippen LogP contribution in [0.2, 0.25) is 0 Å². The molecule has 5 rings (SSSR count). The highest BCUT2D eigenvalue weighted by molar-refractivity contribution is 5.91. The predicted octanol–water partition coefficient (Wildman–Crippen LogP) is 4.54. The van der Waals surface area contributed by atoms with Gasteiger partial charge in [0.1, 0.15) is 17.5 Å². The van der Waals surface area contributed by atoms with Crippen molar-refractivity contribution in [2.45, 2.75) is 25.4 Å². The number of aromatic nitrogens is 3. The molecule has 2 bridgehead atoms. The van der Waals surface area contributed by atoms with Crippen molar-refractivity contribution in [2.75, 3.05) is 19.7 Å². The zero-order valence-electron chi connectivity index (χ0n) is 18.2. The molecule has 2 atom stereocenters. The van der Waals surface area contributed by atoms with Gasteiger partial charge >= 0.3 is 6.18 Å². The van der Waals surface area contributed by atoms with E-state index in [0.717, 1.165) is 25.6 Å². The van der Waals surface area contributed by atoms with Crippen LogP contribution in [0.15, 0.2) is 30.5 Å². The molecule has 6 nitrogen and oxygen atoms in total. The van der Waals surface area contributed by atoms with Gasteiger partial charge in [0, 0.05) is 24.2 Å². The lowest BCUT2D eigenvalue weighted by Crippen LogP contribution is -2.38. The summed E-state index contributed by atoms with van der Waals surface area (Å²) in [5.74, 6) is 1.43. The number of rotatable bonds is 5. The van der Waals surface area contributed by atoms with E-state index in [1.165, 1.54) is 18.9 Å². The van der Waals surface area contributed by atoms with Crippen LogP contribution >= 0.6 is 0 Å². The molecule has 1 aromatic carbocycles. The molecule has 2 fully saturated rings. The monoisotopic (exact) mass is 455 g/mol. The molecule has 3 heterocycles. The van der Waals surface area contributed by atoms with Crippen LogP contribution in [-0.4, -0.2) is 34.2 Å². The lowest BCUT2D eigenvalue weighted by atomic mass is 9.84. The summed E-state index contributed by atoms with van der Waals surface area (Å²) < 4.78 is 49.2. The van der Waals surface area contributed by atoms with E-state index >= 15 is 0 Å². The SMILES string of the molecule is Cn1ccc2c(-c3ccc(OCCC4C5CCC4CNC5)c(C(F)(F)F)c3)nc(C#N)nc21. The van der Waals surface area contributed by atoms with Gasteiger partial charge in [0.25, 0.3) is 0 Å². The Labute approximate surface area is 189 Å². The number of hydrogen-bond donors (Lipinski definition) is 1. The molecular formula is C24H24F3N5O. The summed E-state index contributed by atoms with van der Waals surface area (Å²) in [6.07, 6.45) is 0.281. The number of nitriles is 1. The summed E-state index contributed by atoms with van der Waals surface area (Å²) in [4.78, 5) is 8.37. The molecule has 33 heavy (non-hydrogen) atoms. The topological polar surface area (TPSA) is 75.8 Å². The average molecular weight is 455 g/mol. The minimum absolute atomic E-state index is 0.0928. The normalized spacial score (nSPS) is 22.5. The Bertz CT molecular complexity index is 1210. The number of fused-ring (bicyclic) bond motifs is 3. The molecule has 3 aromatic rings. The molecule has 0 radical (unpaired) electrons. The maximum atomic E-state index is 13.9. The third-order valence-corrected chi connectivity index (χ3v) is 7.02. The number of ether oxygens (including phenoxy) is 1. The molecule has 2 aromatic heterocycles. The maximum Gasteiger partial charge on any atom is 0.419 e. The lowest BCUT2D eigenvalue weighted by Gasteiger charge is -2.30. The molecule has 1 saturated heterocycles. The van der Waals surface area contributed by atoms with Crippen molar-refractivity contribution in [1.82, 2.24) is 19.9 Å². The van der Waals surface area contributed by atoms with Crippen LogP contribution < -0.4 is 10.1 Å². The summed E-state index contributed by atoms with van der Waals surface area (Å²) in [6.45, 7) is 2.23. The van der Waals surface area contributed by atoms with E-state index in [-0.39, 0.29) is 23.7 Å². The zero-order valence-corrected chi connectivity index (χ0v) is 18.2. The van der Waals surface area contributed by atoms with Gasteiger partial charge in [-0.3, -0.25) is 0 Å². The second kappa shape index (κ2) is 8.34. The molecule has 2 unspecified atom stereocenters. The molecular weight excluding hydrogens is 431 g/mol. The summed E-state index contributed by atoms with van der Waals surface area (Å²) >= 11 is 0. The van der Waals surface area contributed by atoms with Crippen molar-refractivity contribution in [2.24, 2.45) is 24.8 Å². The zero-order chi connectivity index (χ0) is 23.2. The van der Waals surface area contributed by atoms with Gasteiger partial charge < -0.3 is 14.6 Å². The number of halogens is 3. The van der Waals surface area contributed by atoms with E-state index < -0.39 is 11.7 Å². The smallest absolute Gasteiger partial charge is 0.419 e. The van der Waals surface area contributed by atoms with Crippen molar-refractivity contribution in [3.8, 4) is 23.1 Å². The third-order valence-electron chi connectivity index (χ3n) is 7.02. The number of alkyl halides is 3. The highest BCUT2D eigenvalue weighted by Gasteiger charge is 2.39. The van der Waals surface area contributed by atoms with Gasteiger partial charge in [-0.15, -0.1) is 0 Å². The van der Waals surface area contributed by atoms with Gasteiger partial charge in [-0.05, 0) is 74.4 Å². The fourth-order valence-electron chi connectivity index (χ4n) is 5.41. The van der Waals surface area contributed by atoms with Crippen molar-refractivity contribution >= 4 is 11.0 Å². The molecule has 2 aliphatic rings. The molecule has 172 valence electrons. The highest BCUT2D eigenvalue weighted by atomic mass is 19.4. The fourth-order valence-corrected chi connectivity index (χ4v) is 5.41. The molecule has 1 aliphatic carbocycles. The van der Waals surface area contributed by atoms with Crippen LogP contribution in [0.1, 0.15) is 30.7 Å². The maximum absolute atomic E-state index is 13.9. The van der Waals surface area contributed by atoms with Crippen molar-refractivity contribution in [1.29, 1.82) is 5.26 Å². The number of nitrogens with one attached hydrogen (secondary N) is 1. The first-order valence-electron chi connectivity index (χ1n) is 11.1. The van der Waals surface area contributed by atoms with Crippen molar-refractivity contribution in [3.05, 3.63) is 41.9 Å². The van der Waals surface area contributed by atoms with Crippen molar-refractivity contribution in [3.63, 3.8) is 0 Å². The van der Waals surface area contributed by atoms with Crippen molar-refractivity contribution < 1.29 is 17.9 Å². The van der Waals surface area contributed by atoms with Crippen LogP contribution in [0.3, 0.4) is 0 Å². The van der Waals surface area contributed by atoms with E-state index in [9.17, 15) is 18.4 Å². The number of aryl methyl sites for hydroxylation is 1. The quantitative estimate of drug-likeness (QED) is 0.611. The second-order valence-corrected chi connectivity index (χ2v) is 8.94. The van der Waals surface area contributed by atoms with Gasteiger partial charge in [0.2, 0.25) is 5.82 Å². The summed E-state index contributed by atoms with van der Waals surface area (Å²) in [5.41, 5.74) is 0.207. The first-order chi connectivity index (χ1) is 15.8. The minimum Gasteiger partial charge on any atom is -0.493 e. The van der Waals surface area contributed by atoms with E-state index in [2.05, 4.69) is 15.3 Å². The van der Waals surface area contributed by atoms with Gasteiger partial charge in [-0.1, -0.05) is 0 Å². The van der Waals surface area contributed by atoms with Gasteiger partial charge in [-0.25, -0.2) is 9.97 Å². The first kappa shape index (κ1) is 21.7. The number of piperidine rings is 1. The predicted molar refractivity (Wildman–Crippen MR) is 116 cm³/mol. The van der Waals surface area contributed by atoms with E-state index in [1.807, 2.05) is 6.07 Å². The van der Waals surface area contributed by atoms with Crippen LogP contribution in [-0.2, 0) is 13.2 Å². The third kappa shape index (κ3) is 4.04. The summed E-state index contributed by atoms with van der Waals surface area (Å²) in [5, 5.41) is 13.3. The average Bonchev–Trinajstić information content (AvgIpc) is 3.26. The number of hydrogen-bond acceptors (Lipinski definition) is 5. The van der Waals surface area contributed by atoms with E-state index in [4.69, 9.17) is 4.74 Å². The number of nitrogens with zero attached hydrogens (tertiary/aromatic N) is 4.